The van der Waals surface area contributed by atoms with Gasteiger partial charge in [-0.2, -0.15) is 5.10 Å². The van der Waals surface area contributed by atoms with Crippen LogP contribution in [-0.2, 0) is 0 Å². The number of nitrogens with two attached hydrogens (primary N) is 1. The Morgan fingerprint density at radius 1 is 1.05 bits per heavy atom. The first-order valence-electron chi connectivity index (χ1n) is 6.43. The Bertz CT molecular complexity index is 748. The van der Waals surface area contributed by atoms with E-state index in [4.69, 9.17) is 10.5 Å². The molecule has 0 unspecified atom stereocenters. The second-order valence-electron chi connectivity index (χ2n) is 4.56. The molecular weight excluding hydrogens is 330 g/mol. The highest BCUT2D eigenvalue weighted by Gasteiger charge is 2.11. The molecule has 21 heavy (non-hydrogen) atoms. The first-order chi connectivity index (χ1) is 10.2. The summed E-state index contributed by atoms with van der Waals surface area (Å²) in [6.07, 6.45) is 1.78. The number of nitrogen functional groups attached to an aromatic ring is 1. The zero-order chi connectivity index (χ0) is 14.8. The highest BCUT2D eigenvalue weighted by Crippen LogP contribution is 2.29. The molecule has 0 aliphatic carbocycles. The predicted octanol–water partition coefficient (Wildman–Crippen LogP) is 3.89. The molecular formula is C16H14BrN3O. The van der Waals surface area contributed by atoms with Gasteiger partial charge in [0.15, 0.2) is 0 Å². The number of methoxy groups -OCH3 is 1. The van der Waals surface area contributed by atoms with Crippen LogP contribution in [0.15, 0.2) is 59.2 Å². The van der Waals surface area contributed by atoms with Crippen LogP contribution in [-0.4, -0.2) is 16.9 Å². The van der Waals surface area contributed by atoms with Crippen LogP contribution in [0.1, 0.15) is 0 Å². The molecule has 106 valence electrons. The van der Waals surface area contributed by atoms with E-state index in [0.717, 1.165) is 27.0 Å². The van der Waals surface area contributed by atoms with Crippen molar-refractivity contribution < 1.29 is 4.74 Å². The van der Waals surface area contributed by atoms with Crippen LogP contribution < -0.4 is 10.5 Å². The molecule has 3 aromatic rings. The van der Waals surface area contributed by atoms with Gasteiger partial charge < -0.3 is 10.5 Å². The summed E-state index contributed by atoms with van der Waals surface area (Å²) in [5.74, 6) is 1.43. The zero-order valence-corrected chi connectivity index (χ0v) is 13.0. The van der Waals surface area contributed by atoms with Crippen LogP contribution >= 0.6 is 15.9 Å². The van der Waals surface area contributed by atoms with Crippen LogP contribution in [0.5, 0.6) is 5.75 Å². The van der Waals surface area contributed by atoms with Crippen molar-refractivity contribution in [3.63, 3.8) is 0 Å². The molecule has 5 heteroatoms. The van der Waals surface area contributed by atoms with Crippen molar-refractivity contribution in [2.24, 2.45) is 0 Å². The Hall–Kier alpha value is -2.27. The van der Waals surface area contributed by atoms with Gasteiger partial charge in [0.25, 0.3) is 0 Å². The summed E-state index contributed by atoms with van der Waals surface area (Å²) in [5.41, 5.74) is 9.07. The Labute approximate surface area is 131 Å². The lowest BCUT2D eigenvalue weighted by Gasteiger charge is -2.06. The van der Waals surface area contributed by atoms with E-state index >= 15 is 0 Å². The Morgan fingerprint density at radius 2 is 1.71 bits per heavy atom. The summed E-state index contributed by atoms with van der Waals surface area (Å²) >= 11 is 3.42. The molecule has 0 amide bonds. The number of hydrogen-bond acceptors (Lipinski definition) is 3. The van der Waals surface area contributed by atoms with Crippen molar-refractivity contribution >= 4 is 21.7 Å². The fraction of sp³-hybridized carbons (Fsp3) is 0.0625. The lowest BCUT2D eigenvalue weighted by Crippen LogP contribution is -2.01. The van der Waals surface area contributed by atoms with E-state index in [1.165, 1.54) is 0 Å². The number of halogens is 1. The molecule has 0 spiro atoms. The topological polar surface area (TPSA) is 53.1 Å². The molecule has 1 heterocycles. The molecule has 3 rings (SSSR count). The van der Waals surface area contributed by atoms with Crippen molar-refractivity contribution in [1.29, 1.82) is 0 Å². The molecule has 0 saturated heterocycles. The molecule has 0 radical (unpaired) electrons. The van der Waals surface area contributed by atoms with Crippen LogP contribution in [0.3, 0.4) is 0 Å². The van der Waals surface area contributed by atoms with E-state index in [2.05, 4.69) is 21.0 Å². The highest BCUT2D eigenvalue weighted by atomic mass is 79.9. The number of nitrogens with zero attached hydrogens (tertiary/aromatic N) is 2. The van der Waals surface area contributed by atoms with Crippen LogP contribution in [0, 0.1) is 0 Å². The Kier molecular flexibility index (Phi) is 3.66. The monoisotopic (exact) mass is 343 g/mol. The molecule has 1 aromatic heterocycles. The number of ether oxygens (including phenoxy) is 1. The third-order valence-corrected chi connectivity index (χ3v) is 3.81. The predicted molar refractivity (Wildman–Crippen MR) is 87.7 cm³/mol. The molecule has 0 aliphatic rings. The van der Waals surface area contributed by atoms with Crippen molar-refractivity contribution in [3.05, 3.63) is 59.2 Å². The minimum Gasteiger partial charge on any atom is -0.497 e. The van der Waals surface area contributed by atoms with Gasteiger partial charge in [-0.25, -0.2) is 4.68 Å². The summed E-state index contributed by atoms with van der Waals surface area (Å²) in [5, 5.41) is 4.38. The zero-order valence-electron chi connectivity index (χ0n) is 11.5. The standard InChI is InChI=1S/C16H14BrN3O/c1-21-14-8-2-11(3-9-14)15-10-19-20(16(15)18)13-6-4-12(17)5-7-13/h2-10H,18H2,1H3. The van der Waals surface area contributed by atoms with Gasteiger partial charge in [0.05, 0.1) is 19.0 Å². The van der Waals surface area contributed by atoms with E-state index in [0.29, 0.717) is 5.82 Å². The van der Waals surface area contributed by atoms with E-state index in [-0.39, 0.29) is 0 Å². The number of aromatic nitrogens is 2. The van der Waals surface area contributed by atoms with Gasteiger partial charge in [-0.3, -0.25) is 0 Å². The van der Waals surface area contributed by atoms with Gasteiger partial charge in [-0.15, -0.1) is 0 Å². The van der Waals surface area contributed by atoms with Gasteiger partial charge in [0.1, 0.15) is 11.6 Å². The number of rotatable bonds is 3. The first kappa shape index (κ1) is 13.7. The third kappa shape index (κ3) is 2.64. The molecule has 2 N–H and O–H groups in total. The van der Waals surface area contributed by atoms with Gasteiger partial charge in [-0.1, -0.05) is 28.1 Å². The lowest BCUT2D eigenvalue weighted by molar-refractivity contribution is 0.415. The summed E-state index contributed by atoms with van der Waals surface area (Å²) in [6, 6.07) is 15.6. The third-order valence-electron chi connectivity index (χ3n) is 3.28. The molecule has 0 atom stereocenters. The number of benzene rings is 2. The summed E-state index contributed by atoms with van der Waals surface area (Å²) in [7, 11) is 1.65. The van der Waals surface area contributed by atoms with E-state index in [1.54, 1.807) is 18.0 Å². The Morgan fingerprint density at radius 3 is 2.33 bits per heavy atom. The van der Waals surface area contributed by atoms with Crippen molar-refractivity contribution in [2.75, 3.05) is 12.8 Å². The van der Waals surface area contributed by atoms with Gasteiger partial charge >= 0.3 is 0 Å². The fourth-order valence-corrected chi connectivity index (χ4v) is 2.40. The van der Waals surface area contributed by atoms with Crippen molar-refractivity contribution in [3.8, 4) is 22.6 Å². The number of anilines is 1. The maximum absolute atomic E-state index is 6.23. The van der Waals surface area contributed by atoms with E-state index < -0.39 is 0 Å². The first-order valence-corrected chi connectivity index (χ1v) is 7.22. The second-order valence-corrected chi connectivity index (χ2v) is 5.48. The number of hydrogen-bond donors (Lipinski definition) is 1. The fourth-order valence-electron chi connectivity index (χ4n) is 2.14. The average Bonchev–Trinajstić information content (AvgIpc) is 2.90. The molecule has 0 bridgehead atoms. The van der Waals surface area contributed by atoms with Crippen molar-refractivity contribution in [1.82, 2.24) is 9.78 Å². The summed E-state index contributed by atoms with van der Waals surface area (Å²) < 4.78 is 7.91. The largest absolute Gasteiger partial charge is 0.497 e. The van der Waals surface area contributed by atoms with E-state index in [9.17, 15) is 0 Å². The average molecular weight is 344 g/mol. The summed E-state index contributed by atoms with van der Waals surface area (Å²) in [6.45, 7) is 0. The summed E-state index contributed by atoms with van der Waals surface area (Å²) in [4.78, 5) is 0. The van der Waals surface area contributed by atoms with Gasteiger partial charge in [0, 0.05) is 10.0 Å². The highest BCUT2D eigenvalue weighted by molar-refractivity contribution is 9.10. The van der Waals surface area contributed by atoms with E-state index in [1.807, 2.05) is 48.5 Å². The molecule has 0 fully saturated rings. The van der Waals surface area contributed by atoms with Crippen LogP contribution in [0.25, 0.3) is 16.8 Å². The smallest absolute Gasteiger partial charge is 0.135 e. The molecule has 0 saturated carbocycles. The quantitative estimate of drug-likeness (QED) is 0.784. The minimum absolute atomic E-state index is 0.613. The van der Waals surface area contributed by atoms with Crippen LogP contribution in [0.2, 0.25) is 0 Å². The normalized spacial score (nSPS) is 10.6. The lowest BCUT2D eigenvalue weighted by atomic mass is 10.1. The van der Waals surface area contributed by atoms with Gasteiger partial charge in [0.2, 0.25) is 0 Å². The molecule has 2 aromatic carbocycles. The molecule has 0 aliphatic heterocycles. The maximum Gasteiger partial charge on any atom is 0.135 e. The second kappa shape index (κ2) is 5.61. The van der Waals surface area contributed by atoms with Crippen molar-refractivity contribution in [2.45, 2.75) is 0 Å². The van der Waals surface area contributed by atoms with Crippen LogP contribution in [0.4, 0.5) is 5.82 Å². The SMILES string of the molecule is COc1ccc(-c2cnn(-c3ccc(Br)cc3)c2N)cc1. The van der Waals surface area contributed by atoms with Gasteiger partial charge in [-0.05, 0) is 42.0 Å². The molecule has 4 nitrogen and oxygen atoms in total. The minimum atomic E-state index is 0.613. The maximum atomic E-state index is 6.23. The Balaban J connectivity index is 2.00.